The largest absolute Gasteiger partial charge is 0.372 e. The fourth-order valence-electron chi connectivity index (χ4n) is 1.97. The predicted octanol–water partition coefficient (Wildman–Crippen LogP) is 3.59. The predicted molar refractivity (Wildman–Crippen MR) is 80.3 cm³/mol. The van der Waals surface area contributed by atoms with Crippen LogP contribution in [0, 0.1) is 5.82 Å². The van der Waals surface area contributed by atoms with Crippen molar-refractivity contribution in [1.29, 1.82) is 0 Å². The van der Waals surface area contributed by atoms with E-state index in [1.165, 1.54) is 10.9 Å². The second kappa shape index (κ2) is 6.17. The minimum atomic E-state index is -0.205. The lowest BCUT2D eigenvalue weighted by Crippen LogP contribution is -2.21. The van der Waals surface area contributed by atoms with Crippen LogP contribution in [0.15, 0.2) is 35.7 Å². The molecule has 0 unspecified atom stereocenters. The first-order chi connectivity index (χ1) is 9.08. The Bertz CT molecular complexity index is 523. The van der Waals surface area contributed by atoms with Crippen LogP contribution >= 0.6 is 11.3 Å². The highest BCUT2D eigenvalue weighted by atomic mass is 32.1. The molecule has 0 fully saturated rings. The molecule has 1 aromatic heterocycles. The molecule has 0 aliphatic heterocycles. The van der Waals surface area contributed by atoms with Gasteiger partial charge < -0.3 is 10.6 Å². The van der Waals surface area contributed by atoms with Gasteiger partial charge in [-0.05, 0) is 42.5 Å². The molecule has 1 atom stereocenters. The highest BCUT2D eigenvalue weighted by molar-refractivity contribution is 7.09. The lowest BCUT2D eigenvalue weighted by atomic mass is 10.1. The third-order valence-corrected chi connectivity index (χ3v) is 4.12. The number of likely N-dealkylation sites (N-methyl/N-ethyl adjacent to an activating group) is 1. The Morgan fingerprint density at radius 2 is 2.16 bits per heavy atom. The van der Waals surface area contributed by atoms with Crippen LogP contribution in [-0.4, -0.2) is 13.6 Å². The van der Waals surface area contributed by atoms with Gasteiger partial charge in [-0.1, -0.05) is 12.1 Å². The molecule has 0 aliphatic rings. The van der Waals surface area contributed by atoms with E-state index in [9.17, 15) is 4.39 Å². The van der Waals surface area contributed by atoms with Gasteiger partial charge in [0.2, 0.25) is 0 Å². The van der Waals surface area contributed by atoms with Gasteiger partial charge in [0.05, 0.1) is 5.69 Å². The van der Waals surface area contributed by atoms with Crippen molar-refractivity contribution in [2.24, 2.45) is 5.73 Å². The van der Waals surface area contributed by atoms with Crippen molar-refractivity contribution in [2.75, 3.05) is 18.5 Å². The average molecular weight is 278 g/mol. The third-order valence-electron chi connectivity index (χ3n) is 3.18. The lowest BCUT2D eigenvalue weighted by molar-refractivity contribution is 0.617. The molecule has 0 aliphatic carbocycles. The quantitative estimate of drug-likeness (QED) is 0.905. The third kappa shape index (κ3) is 3.55. The molecule has 2 nitrogen and oxygen atoms in total. The number of anilines is 1. The fraction of sp³-hybridized carbons (Fsp3) is 0.333. The van der Waals surface area contributed by atoms with Crippen molar-refractivity contribution < 1.29 is 4.39 Å². The van der Waals surface area contributed by atoms with Crippen molar-refractivity contribution >= 4 is 17.0 Å². The average Bonchev–Trinajstić information content (AvgIpc) is 2.88. The van der Waals surface area contributed by atoms with Gasteiger partial charge in [-0.3, -0.25) is 0 Å². The number of thiophene rings is 1. The lowest BCUT2D eigenvalue weighted by Gasteiger charge is -2.20. The molecule has 0 saturated carbocycles. The summed E-state index contributed by atoms with van der Waals surface area (Å²) in [5, 5.41) is 2.06. The zero-order valence-corrected chi connectivity index (χ0v) is 12.1. The number of nitrogens with zero attached hydrogens (tertiary/aromatic N) is 1. The first-order valence-corrected chi connectivity index (χ1v) is 7.24. The molecular weight excluding hydrogens is 259 g/mol. The van der Waals surface area contributed by atoms with E-state index in [1.54, 1.807) is 11.3 Å². The second-order valence-electron chi connectivity index (χ2n) is 4.75. The van der Waals surface area contributed by atoms with Crippen molar-refractivity contribution in [1.82, 2.24) is 0 Å². The van der Waals surface area contributed by atoms with Crippen LogP contribution in [0.5, 0.6) is 0 Å². The first-order valence-electron chi connectivity index (χ1n) is 6.36. The van der Waals surface area contributed by atoms with E-state index >= 15 is 0 Å². The van der Waals surface area contributed by atoms with E-state index in [-0.39, 0.29) is 11.9 Å². The van der Waals surface area contributed by atoms with E-state index in [2.05, 4.69) is 11.4 Å². The molecule has 0 bridgehead atoms. The molecule has 2 N–H and O–H groups in total. The minimum Gasteiger partial charge on any atom is -0.372 e. The van der Waals surface area contributed by atoms with Crippen LogP contribution in [0.1, 0.15) is 23.4 Å². The number of benzene rings is 1. The number of halogens is 1. The van der Waals surface area contributed by atoms with Crippen molar-refractivity contribution in [3.8, 4) is 0 Å². The van der Waals surface area contributed by atoms with E-state index in [4.69, 9.17) is 5.73 Å². The van der Waals surface area contributed by atoms with Crippen molar-refractivity contribution in [3.63, 3.8) is 0 Å². The molecule has 0 spiro atoms. The molecule has 2 rings (SSSR count). The zero-order chi connectivity index (χ0) is 13.8. The normalized spacial score (nSPS) is 12.4. The number of rotatable bonds is 5. The summed E-state index contributed by atoms with van der Waals surface area (Å²) in [7, 11) is 1.91. The summed E-state index contributed by atoms with van der Waals surface area (Å²) in [4.78, 5) is 3.26. The highest BCUT2D eigenvalue weighted by Crippen LogP contribution is 2.22. The molecule has 0 radical (unpaired) electrons. The van der Waals surface area contributed by atoms with Crippen LogP contribution in [0.4, 0.5) is 10.1 Å². The summed E-state index contributed by atoms with van der Waals surface area (Å²) in [6.07, 6.45) is 0.933. The Morgan fingerprint density at radius 1 is 1.37 bits per heavy atom. The molecule has 2 aromatic rings. The Morgan fingerprint density at radius 3 is 2.74 bits per heavy atom. The maximum absolute atomic E-state index is 14.0. The van der Waals surface area contributed by atoms with Crippen LogP contribution in [0.3, 0.4) is 0 Å². The molecular formula is C15H19FN2S. The summed E-state index contributed by atoms with van der Waals surface area (Å²) >= 11 is 1.73. The second-order valence-corrected chi connectivity index (χ2v) is 5.78. The molecule has 19 heavy (non-hydrogen) atoms. The number of hydrogen-bond donors (Lipinski definition) is 1. The van der Waals surface area contributed by atoms with Crippen molar-refractivity contribution in [2.45, 2.75) is 19.4 Å². The molecule has 1 heterocycles. The van der Waals surface area contributed by atoms with Gasteiger partial charge in [0.25, 0.3) is 0 Å². The van der Waals surface area contributed by atoms with Crippen molar-refractivity contribution in [3.05, 3.63) is 52.0 Å². The Hall–Kier alpha value is -1.39. The van der Waals surface area contributed by atoms with Crippen LogP contribution in [-0.2, 0) is 6.42 Å². The summed E-state index contributed by atoms with van der Waals surface area (Å²) in [5.41, 5.74) is 7.21. The summed E-state index contributed by atoms with van der Waals surface area (Å²) in [6.45, 7) is 2.66. The molecule has 102 valence electrons. The van der Waals surface area contributed by atoms with Gasteiger partial charge in [-0.2, -0.15) is 0 Å². The zero-order valence-electron chi connectivity index (χ0n) is 11.3. The highest BCUT2D eigenvalue weighted by Gasteiger charge is 2.10. The van der Waals surface area contributed by atoms with Gasteiger partial charge in [0, 0.05) is 24.5 Å². The van der Waals surface area contributed by atoms with E-state index in [0.29, 0.717) is 5.69 Å². The fourth-order valence-corrected chi connectivity index (χ4v) is 2.67. The maximum atomic E-state index is 14.0. The minimum absolute atomic E-state index is 0.139. The molecule has 4 heteroatoms. The standard InChI is InChI=1S/C15H19FN2S/c1-11(17)12-5-6-15(14(16)10-12)18(2)8-7-13-4-3-9-19-13/h3-6,9-11H,7-8,17H2,1-2H3/t11-/m0/s1. The maximum Gasteiger partial charge on any atom is 0.146 e. The smallest absolute Gasteiger partial charge is 0.146 e. The van der Waals surface area contributed by atoms with Gasteiger partial charge >= 0.3 is 0 Å². The van der Waals surface area contributed by atoms with Gasteiger partial charge in [0.1, 0.15) is 5.82 Å². The van der Waals surface area contributed by atoms with E-state index in [1.807, 2.05) is 37.1 Å². The molecule has 1 aromatic carbocycles. The summed E-state index contributed by atoms with van der Waals surface area (Å²) in [5.74, 6) is -0.205. The Balaban J connectivity index is 2.04. The monoisotopic (exact) mass is 278 g/mol. The van der Waals surface area contributed by atoms with Gasteiger partial charge in [0.15, 0.2) is 0 Å². The van der Waals surface area contributed by atoms with E-state index < -0.39 is 0 Å². The number of nitrogens with two attached hydrogens (primary N) is 1. The molecule has 0 saturated heterocycles. The number of hydrogen-bond acceptors (Lipinski definition) is 3. The Labute approximate surface area is 117 Å². The SMILES string of the molecule is C[C@H](N)c1ccc(N(C)CCc2cccs2)c(F)c1. The Kier molecular flexibility index (Phi) is 4.56. The topological polar surface area (TPSA) is 29.3 Å². The summed E-state index contributed by atoms with van der Waals surface area (Å²) in [6, 6.07) is 9.24. The van der Waals surface area contributed by atoms with Crippen LogP contribution in [0.25, 0.3) is 0 Å². The van der Waals surface area contributed by atoms with Gasteiger partial charge in [-0.15, -0.1) is 11.3 Å². The van der Waals surface area contributed by atoms with Crippen LogP contribution in [0.2, 0.25) is 0 Å². The summed E-state index contributed by atoms with van der Waals surface area (Å²) < 4.78 is 14.0. The van der Waals surface area contributed by atoms with E-state index in [0.717, 1.165) is 18.5 Å². The van der Waals surface area contributed by atoms with Gasteiger partial charge in [-0.25, -0.2) is 4.39 Å². The first kappa shape index (κ1) is 14.0. The molecule has 0 amide bonds. The van der Waals surface area contributed by atoms with Crippen LogP contribution < -0.4 is 10.6 Å².